The SMILES string of the molecule is CNCC1CCC(CN(C)C(C)C(C)(C)C)O1. The van der Waals surface area contributed by atoms with Gasteiger partial charge in [0.1, 0.15) is 0 Å². The average molecular weight is 242 g/mol. The standard InChI is InChI=1S/C14H30N2O/c1-11(14(2,3)4)16(6)10-13-8-7-12(17-13)9-15-5/h11-13,15H,7-10H2,1-6H3. The third-order valence-corrected chi connectivity index (χ3v) is 4.03. The monoisotopic (exact) mass is 242 g/mol. The van der Waals surface area contributed by atoms with Crippen LogP contribution in [0.4, 0.5) is 0 Å². The molecule has 1 fully saturated rings. The van der Waals surface area contributed by atoms with E-state index in [1.165, 1.54) is 12.8 Å². The van der Waals surface area contributed by atoms with Gasteiger partial charge in [0, 0.05) is 19.1 Å². The summed E-state index contributed by atoms with van der Waals surface area (Å²) < 4.78 is 6.03. The predicted octanol–water partition coefficient (Wildman–Crippen LogP) is 2.12. The minimum Gasteiger partial charge on any atom is -0.372 e. The van der Waals surface area contributed by atoms with E-state index >= 15 is 0 Å². The zero-order valence-corrected chi connectivity index (χ0v) is 12.4. The van der Waals surface area contributed by atoms with Gasteiger partial charge in [-0.2, -0.15) is 0 Å². The summed E-state index contributed by atoms with van der Waals surface area (Å²) in [5.74, 6) is 0. The Labute approximate surface area is 107 Å². The van der Waals surface area contributed by atoms with Crippen LogP contribution in [0.15, 0.2) is 0 Å². The van der Waals surface area contributed by atoms with Crippen LogP contribution in [0.25, 0.3) is 0 Å². The first kappa shape index (κ1) is 14.9. The molecule has 3 nitrogen and oxygen atoms in total. The summed E-state index contributed by atoms with van der Waals surface area (Å²) in [4.78, 5) is 2.44. The van der Waals surface area contributed by atoms with Crippen molar-refractivity contribution in [2.45, 2.75) is 58.8 Å². The second-order valence-electron chi connectivity index (χ2n) is 6.50. The van der Waals surface area contributed by atoms with Crippen molar-refractivity contribution in [3.63, 3.8) is 0 Å². The number of hydrogen-bond donors (Lipinski definition) is 1. The highest BCUT2D eigenvalue weighted by molar-refractivity contribution is 4.82. The summed E-state index contributed by atoms with van der Waals surface area (Å²) in [6.45, 7) is 11.2. The molecular formula is C14H30N2O. The summed E-state index contributed by atoms with van der Waals surface area (Å²) in [6, 6.07) is 0.578. The van der Waals surface area contributed by atoms with Gasteiger partial charge in [0.05, 0.1) is 12.2 Å². The second kappa shape index (κ2) is 6.17. The van der Waals surface area contributed by atoms with Crippen molar-refractivity contribution in [1.29, 1.82) is 0 Å². The number of nitrogens with one attached hydrogen (secondary N) is 1. The zero-order valence-electron chi connectivity index (χ0n) is 12.4. The Balaban J connectivity index is 2.35. The molecule has 1 rings (SSSR count). The number of rotatable bonds is 5. The average Bonchev–Trinajstić information content (AvgIpc) is 2.63. The number of likely N-dealkylation sites (N-methyl/N-ethyl adjacent to an activating group) is 2. The van der Waals surface area contributed by atoms with E-state index in [1.54, 1.807) is 0 Å². The largest absolute Gasteiger partial charge is 0.372 e. The van der Waals surface area contributed by atoms with Crippen LogP contribution in [0.1, 0.15) is 40.5 Å². The molecule has 0 aromatic rings. The van der Waals surface area contributed by atoms with Gasteiger partial charge in [-0.1, -0.05) is 20.8 Å². The van der Waals surface area contributed by atoms with Gasteiger partial charge in [-0.3, -0.25) is 0 Å². The lowest BCUT2D eigenvalue weighted by atomic mass is 9.87. The van der Waals surface area contributed by atoms with E-state index in [1.807, 2.05) is 7.05 Å². The van der Waals surface area contributed by atoms with Crippen molar-refractivity contribution >= 4 is 0 Å². The van der Waals surface area contributed by atoms with Crippen molar-refractivity contribution in [1.82, 2.24) is 10.2 Å². The van der Waals surface area contributed by atoms with Crippen LogP contribution in [-0.4, -0.2) is 50.3 Å². The molecule has 1 aliphatic rings. The molecule has 0 aliphatic carbocycles. The molecule has 0 aromatic carbocycles. The van der Waals surface area contributed by atoms with Crippen molar-refractivity contribution < 1.29 is 4.74 Å². The Kier molecular flexibility index (Phi) is 5.42. The molecule has 3 unspecified atom stereocenters. The molecular weight excluding hydrogens is 212 g/mol. The normalized spacial score (nSPS) is 27.7. The molecule has 0 spiro atoms. The fourth-order valence-electron chi connectivity index (χ4n) is 2.43. The minimum atomic E-state index is 0.331. The maximum Gasteiger partial charge on any atom is 0.0707 e. The van der Waals surface area contributed by atoms with Gasteiger partial charge in [-0.15, -0.1) is 0 Å². The molecule has 102 valence electrons. The van der Waals surface area contributed by atoms with Crippen LogP contribution < -0.4 is 5.32 Å². The highest BCUT2D eigenvalue weighted by Crippen LogP contribution is 2.25. The van der Waals surface area contributed by atoms with Crippen molar-refractivity contribution in [3.8, 4) is 0 Å². The molecule has 0 aromatic heterocycles. The molecule has 1 heterocycles. The van der Waals surface area contributed by atoms with Gasteiger partial charge in [-0.05, 0) is 39.3 Å². The van der Waals surface area contributed by atoms with Crippen molar-refractivity contribution in [3.05, 3.63) is 0 Å². The smallest absolute Gasteiger partial charge is 0.0707 e. The maximum absolute atomic E-state index is 6.03. The molecule has 0 bridgehead atoms. The number of hydrogen-bond acceptors (Lipinski definition) is 3. The molecule has 0 saturated carbocycles. The predicted molar refractivity (Wildman–Crippen MR) is 73.4 cm³/mol. The molecule has 0 amide bonds. The van der Waals surface area contributed by atoms with Crippen LogP contribution in [0, 0.1) is 5.41 Å². The van der Waals surface area contributed by atoms with E-state index in [-0.39, 0.29) is 0 Å². The molecule has 3 atom stereocenters. The van der Waals surface area contributed by atoms with Gasteiger partial charge in [0.15, 0.2) is 0 Å². The fraction of sp³-hybridized carbons (Fsp3) is 1.00. The number of ether oxygens (including phenoxy) is 1. The highest BCUT2D eigenvalue weighted by Gasteiger charge is 2.29. The van der Waals surface area contributed by atoms with Crippen molar-refractivity contribution in [2.75, 3.05) is 27.2 Å². The first-order valence-electron chi connectivity index (χ1n) is 6.85. The Morgan fingerprint density at radius 3 is 2.41 bits per heavy atom. The minimum absolute atomic E-state index is 0.331. The summed E-state index contributed by atoms with van der Waals surface area (Å²) >= 11 is 0. The topological polar surface area (TPSA) is 24.5 Å². The quantitative estimate of drug-likeness (QED) is 0.799. The second-order valence-corrected chi connectivity index (χ2v) is 6.50. The lowest BCUT2D eigenvalue weighted by Crippen LogP contribution is -2.43. The summed E-state index contributed by atoms with van der Waals surface area (Å²) in [6.07, 6.45) is 3.24. The van der Waals surface area contributed by atoms with Crippen LogP contribution in [0.5, 0.6) is 0 Å². The maximum atomic E-state index is 6.03. The van der Waals surface area contributed by atoms with Crippen molar-refractivity contribution in [2.24, 2.45) is 5.41 Å². The van der Waals surface area contributed by atoms with Gasteiger partial charge in [0.2, 0.25) is 0 Å². The van der Waals surface area contributed by atoms with E-state index in [9.17, 15) is 0 Å². The molecule has 1 N–H and O–H groups in total. The summed E-state index contributed by atoms with van der Waals surface area (Å²) in [5, 5.41) is 3.19. The van der Waals surface area contributed by atoms with E-state index in [2.05, 4.69) is 45.0 Å². The Bertz CT molecular complexity index is 225. The number of nitrogens with zero attached hydrogens (tertiary/aromatic N) is 1. The summed E-state index contributed by atoms with van der Waals surface area (Å²) in [5.41, 5.74) is 0.331. The Morgan fingerprint density at radius 2 is 1.88 bits per heavy atom. The molecule has 1 aliphatic heterocycles. The van der Waals surface area contributed by atoms with Gasteiger partial charge >= 0.3 is 0 Å². The lowest BCUT2D eigenvalue weighted by molar-refractivity contribution is 0.0117. The zero-order chi connectivity index (χ0) is 13.1. The third-order valence-electron chi connectivity index (χ3n) is 4.03. The lowest BCUT2D eigenvalue weighted by Gasteiger charge is -2.36. The van der Waals surface area contributed by atoms with Crippen LogP contribution in [0.2, 0.25) is 0 Å². The first-order chi connectivity index (χ1) is 7.84. The molecule has 3 heteroatoms. The van der Waals surface area contributed by atoms with E-state index in [0.717, 1.165) is 13.1 Å². The first-order valence-corrected chi connectivity index (χ1v) is 6.85. The molecule has 17 heavy (non-hydrogen) atoms. The van der Waals surface area contributed by atoms with Gasteiger partial charge in [-0.25, -0.2) is 0 Å². The van der Waals surface area contributed by atoms with E-state index < -0.39 is 0 Å². The van der Waals surface area contributed by atoms with Crippen LogP contribution >= 0.6 is 0 Å². The van der Waals surface area contributed by atoms with Gasteiger partial charge < -0.3 is 15.0 Å². The van der Waals surface area contributed by atoms with E-state index in [4.69, 9.17) is 4.74 Å². The fourth-order valence-corrected chi connectivity index (χ4v) is 2.43. The molecule has 1 saturated heterocycles. The van der Waals surface area contributed by atoms with Gasteiger partial charge in [0.25, 0.3) is 0 Å². The van der Waals surface area contributed by atoms with E-state index in [0.29, 0.717) is 23.7 Å². The summed E-state index contributed by atoms with van der Waals surface area (Å²) in [7, 11) is 4.20. The Morgan fingerprint density at radius 1 is 1.29 bits per heavy atom. The molecule has 0 radical (unpaired) electrons. The van der Waals surface area contributed by atoms with Crippen LogP contribution in [0.3, 0.4) is 0 Å². The van der Waals surface area contributed by atoms with Crippen LogP contribution in [-0.2, 0) is 4.74 Å². The third kappa shape index (κ3) is 4.57. The highest BCUT2D eigenvalue weighted by atomic mass is 16.5. The Hall–Kier alpha value is -0.120.